The largest absolute Gasteiger partial charge is 0.257 e. The van der Waals surface area contributed by atoms with E-state index in [2.05, 4.69) is 42.0 Å². The van der Waals surface area contributed by atoms with E-state index in [0.29, 0.717) is 0 Å². The van der Waals surface area contributed by atoms with Gasteiger partial charge in [0, 0.05) is 28.9 Å². The number of nitrogens with zero attached hydrogens (tertiary/aromatic N) is 2. The maximum atomic E-state index is 4.66. The summed E-state index contributed by atoms with van der Waals surface area (Å²) in [6.45, 7) is 6.21. The smallest absolute Gasteiger partial charge is 0.0545 e. The Morgan fingerprint density at radius 2 is 1.69 bits per heavy atom. The van der Waals surface area contributed by atoms with E-state index in [1.165, 1.54) is 28.1 Å². The number of pyridine rings is 2. The average molecular weight is 210 g/mol. The lowest BCUT2D eigenvalue weighted by Crippen LogP contribution is -1.93. The molecule has 1 aliphatic carbocycles. The third kappa shape index (κ3) is 1.26. The van der Waals surface area contributed by atoms with Crippen LogP contribution in [-0.2, 0) is 6.42 Å². The van der Waals surface area contributed by atoms with E-state index < -0.39 is 0 Å². The molecule has 16 heavy (non-hydrogen) atoms. The number of aromatic nitrogens is 2. The average Bonchev–Trinajstić information content (AvgIpc) is 2.55. The van der Waals surface area contributed by atoms with Crippen molar-refractivity contribution in [2.45, 2.75) is 27.2 Å². The second-order valence-electron chi connectivity index (χ2n) is 4.51. The molecule has 0 atom stereocenters. The Balaban J connectivity index is 2.25. The van der Waals surface area contributed by atoms with Crippen LogP contribution in [0.15, 0.2) is 18.2 Å². The number of rotatable bonds is 0. The van der Waals surface area contributed by atoms with E-state index in [4.69, 9.17) is 0 Å². The molecule has 0 aliphatic heterocycles. The summed E-state index contributed by atoms with van der Waals surface area (Å²) in [6.07, 6.45) is 0.882. The Morgan fingerprint density at radius 3 is 2.50 bits per heavy atom. The fourth-order valence-corrected chi connectivity index (χ4v) is 2.27. The second-order valence-corrected chi connectivity index (χ2v) is 4.51. The summed E-state index contributed by atoms with van der Waals surface area (Å²) >= 11 is 0. The molecule has 2 nitrogen and oxygen atoms in total. The van der Waals surface area contributed by atoms with Crippen molar-refractivity contribution in [1.29, 1.82) is 0 Å². The van der Waals surface area contributed by atoms with Gasteiger partial charge in [0.25, 0.3) is 0 Å². The van der Waals surface area contributed by atoms with Gasteiger partial charge in [-0.3, -0.25) is 9.97 Å². The summed E-state index contributed by atoms with van der Waals surface area (Å²) in [5, 5.41) is 0. The predicted molar refractivity (Wildman–Crippen MR) is 64.5 cm³/mol. The molecule has 2 heterocycles. The maximum Gasteiger partial charge on any atom is 0.0545 e. The fraction of sp³-hybridized carbons (Fsp3) is 0.286. The minimum atomic E-state index is 0.882. The standard InChI is InChI=1S/C14H14N2/c1-8-6-12-11-5-4-9(2)15-13(11)7-14(12)16-10(8)3/h4-6H,7H2,1-3H3. The van der Waals surface area contributed by atoms with Crippen molar-refractivity contribution in [3.05, 3.63) is 46.5 Å². The molecule has 0 saturated carbocycles. The van der Waals surface area contributed by atoms with Crippen LogP contribution in [0.3, 0.4) is 0 Å². The highest BCUT2D eigenvalue weighted by molar-refractivity contribution is 5.74. The lowest BCUT2D eigenvalue weighted by atomic mass is 10.1. The quantitative estimate of drug-likeness (QED) is 0.570. The van der Waals surface area contributed by atoms with Gasteiger partial charge in [0.05, 0.1) is 11.4 Å². The summed E-state index contributed by atoms with van der Waals surface area (Å²) in [7, 11) is 0. The monoisotopic (exact) mass is 210 g/mol. The van der Waals surface area contributed by atoms with E-state index in [1.807, 2.05) is 6.92 Å². The Bertz CT molecular complexity index is 586. The van der Waals surface area contributed by atoms with Crippen molar-refractivity contribution in [3.63, 3.8) is 0 Å². The van der Waals surface area contributed by atoms with Crippen molar-refractivity contribution in [2.75, 3.05) is 0 Å². The topological polar surface area (TPSA) is 25.8 Å². The molecule has 0 amide bonds. The number of hydrogen-bond acceptors (Lipinski definition) is 2. The van der Waals surface area contributed by atoms with Gasteiger partial charge in [-0.05, 0) is 38.5 Å². The van der Waals surface area contributed by atoms with Crippen molar-refractivity contribution in [2.24, 2.45) is 0 Å². The lowest BCUT2D eigenvalue weighted by Gasteiger charge is -2.04. The molecule has 2 aromatic rings. The zero-order valence-corrected chi connectivity index (χ0v) is 9.83. The van der Waals surface area contributed by atoms with E-state index in [0.717, 1.165) is 17.8 Å². The molecule has 2 heteroatoms. The molecule has 2 aromatic heterocycles. The SMILES string of the molecule is Cc1ccc2c(n1)Cc1nc(C)c(C)cc1-2. The van der Waals surface area contributed by atoms with Crippen LogP contribution in [0, 0.1) is 20.8 Å². The summed E-state index contributed by atoms with van der Waals surface area (Å²) in [4.78, 5) is 9.25. The highest BCUT2D eigenvalue weighted by Gasteiger charge is 2.21. The van der Waals surface area contributed by atoms with E-state index in [9.17, 15) is 0 Å². The van der Waals surface area contributed by atoms with Gasteiger partial charge in [-0.25, -0.2) is 0 Å². The van der Waals surface area contributed by atoms with Crippen LogP contribution in [0.1, 0.15) is 28.3 Å². The molecule has 0 saturated heterocycles. The van der Waals surface area contributed by atoms with Crippen LogP contribution in [0.2, 0.25) is 0 Å². The van der Waals surface area contributed by atoms with Crippen molar-refractivity contribution in [3.8, 4) is 11.1 Å². The third-order valence-corrected chi connectivity index (χ3v) is 3.28. The van der Waals surface area contributed by atoms with Gasteiger partial charge in [0.1, 0.15) is 0 Å². The molecule has 0 aromatic carbocycles. The Morgan fingerprint density at radius 1 is 0.938 bits per heavy atom. The van der Waals surface area contributed by atoms with E-state index in [1.54, 1.807) is 0 Å². The van der Waals surface area contributed by atoms with E-state index in [-0.39, 0.29) is 0 Å². The number of aryl methyl sites for hydroxylation is 3. The highest BCUT2D eigenvalue weighted by atomic mass is 14.8. The molecule has 0 N–H and O–H groups in total. The molecule has 1 aliphatic rings. The van der Waals surface area contributed by atoms with Gasteiger partial charge in [-0.2, -0.15) is 0 Å². The lowest BCUT2D eigenvalue weighted by molar-refractivity contribution is 1.01. The van der Waals surface area contributed by atoms with Crippen molar-refractivity contribution < 1.29 is 0 Å². The first-order valence-corrected chi connectivity index (χ1v) is 5.59. The summed E-state index contributed by atoms with van der Waals surface area (Å²) in [6, 6.07) is 6.48. The van der Waals surface area contributed by atoms with Crippen molar-refractivity contribution in [1.82, 2.24) is 9.97 Å². The predicted octanol–water partition coefficient (Wildman–Crippen LogP) is 2.97. The molecular weight excluding hydrogens is 196 g/mol. The summed E-state index contributed by atoms with van der Waals surface area (Å²) in [5.74, 6) is 0. The molecule has 0 bridgehead atoms. The molecule has 3 rings (SSSR count). The maximum absolute atomic E-state index is 4.66. The first kappa shape index (κ1) is 9.52. The minimum Gasteiger partial charge on any atom is -0.257 e. The van der Waals surface area contributed by atoms with Crippen LogP contribution in [0.4, 0.5) is 0 Å². The van der Waals surface area contributed by atoms with Gasteiger partial charge in [-0.15, -0.1) is 0 Å². The van der Waals surface area contributed by atoms with Crippen LogP contribution in [0.5, 0.6) is 0 Å². The molecular formula is C14H14N2. The van der Waals surface area contributed by atoms with Crippen molar-refractivity contribution >= 4 is 0 Å². The van der Waals surface area contributed by atoms with Crippen LogP contribution in [-0.4, -0.2) is 9.97 Å². The van der Waals surface area contributed by atoms with Gasteiger partial charge in [0.2, 0.25) is 0 Å². The molecule has 0 fully saturated rings. The normalized spacial score (nSPS) is 12.4. The van der Waals surface area contributed by atoms with Crippen LogP contribution in [0.25, 0.3) is 11.1 Å². The van der Waals surface area contributed by atoms with Gasteiger partial charge < -0.3 is 0 Å². The zero-order chi connectivity index (χ0) is 11.3. The zero-order valence-electron chi connectivity index (χ0n) is 9.83. The molecule has 0 unspecified atom stereocenters. The summed E-state index contributed by atoms with van der Waals surface area (Å²) < 4.78 is 0. The minimum absolute atomic E-state index is 0.882. The second kappa shape index (κ2) is 3.14. The Kier molecular flexibility index (Phi) is 1.87. The van der Waals surface area contributed by atoms with E-state index >= 15 is 0 Å². The third-order valence-electron chi connectivity index (χ3n) is 3.28. The van der Waals surface area contributed by atoms with Gasteiger partial charge in [-0.1, -0.05) is 6.07 Å². The Hall–Kier alpha value is -1.70. The van der Waals surface area contributed by atoms with Crippen LogP contribution >= 0.6 is 0 Å². The van der Waals surface area contributed by atoms with Gasteiger partial charge >= 0.3 is 0 Å². The first-order valence-electron chi connectivity index (χ1n) is 5.59. The number of hydrogen-bond donors (Lipinski definition) is 0. The molecule has 80 valence electrons. The molecule has 0 radical (unpaired) electrons. The number of fused-ring (bicyclic) bond motifs is 3. The van der Waals surface area contributed by atoms with Gasteiger partial charge in [0.15, 0.2) is 0 Å². The fourth-order valence-electron chi connectivity index (χ4n) is 2.27. The first-order chi connectivity index (χ1) is 7.65. The molecule has 0 spiro atoms. The summed E-state index contributed by atoms with van der Waals surface area (Å²) in [5.41, 5.74) is 8.35. The Labute approximate surface area is 95.4 Å². The highest BCUT2D eigenvalue weighted by Crippen LogP contribution is 2.35. The van der Waals surface area contributed by atoms with Crippen LogP contribution < -0.4 is 0 Å².